The van der Waals surface area contributed by atoms with Gasteiger partial charge in [-0.2, -0.15) is 0 Å². The van der Waals surface area contributed by atoms with E-state index >= 15 is 0 Å². The van der Waals surface area contributed by atoms with Gasteiger partial charge in [-0.15, -0.1) is 0 Å². The molecule has 0 bridgehead atoms. The van der Waals surface area contributed by atoms with E-state index in [9.17, 15) is 73.8 Å². The first-order valence-corrected chi connectivity index (χ1v) is 5.51. The molecule has 0 unspecified atom stereocenters. The molecule has 0 aliphatic heterocycles. The fourth-order valence-electron chi connectivity index (χ4n) is 0.471. The molecule has 0 saturated carbocycles. The average molecular weight is 745 g/mol. The van der Waals surface area contributed by atoms with Crippen molar-refractivity contribution >= 4 is 55.4 Å². The van der Waals surface area contributed by atoms with E-state index in [2.05, 4.69) is 28.4 Å². The van der Waals surface area contributed by atoms with Crippen LogP contribution in [-0.2, 0) is 28.4 Å². The van der Waals surface area contributed by atoms with Gasteiger partial charge >= 0.3 is 99.2 Å². The maximum Gasteiger partial charge on any atom is 3.00 e. The summed E-state index contributed by atoms with van der Waals surface area (Å²) >= 11 is 0. The zero-order valence-electron chi connectivity index (χ0n) is 13.9. The van der Waals surface area contributed by atoms with E-state index in [4.69, 9.17) is 0 Å². The molecule has 0 aromatic rings. The molecule has 0 heterocycles. The Bertz CT molecular complexity index is 561. The van der Waals surface area contributed by atoms with Crippen molar-refractivity contribution in [2.24, 2.45) is 0 Å². The summed E-state index contributed by atoms with van der Waals surface area (Å²) in [4.78, 5) is 85.4. The largest absolute Gasteiger partial charge is 3.00 e. The summed E-state index contributed by atoms with van der Waals surface area (Å²) in [6.07, 6.45) is -19.0. The number of carboxylic acid groups (broad SMARTS) is 6. The minimum absolute atomic E-state index is 0. The molecule has 174 valence electrons. The summed E-state index contributed by atoms with van der Waals surface area (Å²) in [5.74, 6) is 0. The van der Waals surface area contributed by atoms with Crippen molar-refractivity contribution in [2.75, 3.05) is 0 Å². The Balaban J connectivity index is -0.000000110. The topological polar surface area (TPSA) is 347 Å². The molecule has 0 amide bonds. The van der Waals surface area contributed by atoms with Crippen LogP contribution in [0.3, 0.4) is 0 Å². The molecule has 0 aliphatic carbocycles. The summed E-state index contributed by atoms with van der Waals surface area (Å²) < 4.78 is 18.5. The fourth-order valence-corrected chi connectivity index (χ4v) is 0.471. The Morgan fingerprint density at radius 3 is 0.469 bits per heavy atom. The third-order valence-electron chi connectivity index (χ3n) is 1.000. The van der Waals surface area contributed by atoms with Crippen LogP contribution in [0.4, 0.5) is 43.2 Å². The Morgan fingerprint density at radius 1 is 0.312 bits per heavy atom. The molecule has 0 fully saturated rings. The molecule has 2 radical (unpaired) electrons. The van der Waals surface area contributed by atoms with E-state index in [0.29, 0.717) is 0 Å². The smallest absolute Gasteiger partial charge is 0.467 e. The average Bonchev–Trinajstić information content (AvgIpc) is 2.42. The van der Waals surface area contributed by atoms with Crippen LogP contribution >= 0.6 is 0 Å². The van der Waals surface area contributed by atoms with E-state index in [1.807, 2.05) is 0 Å². The second-order valence-electron chi connectivity index (χ2n) is 2.86. The molecule has 0 rings (SSSR count). The van der Waals surface area contributed by atoms with Crippen molar-refractivity contribution in [1.29, 1.82) is 0 Å². The maximum absolute atomic E-state index is 9.78. The summed E-state index contributed by atoms with van der Waals surface area (Å²) in [6.45, 7) is 0. The van der Waals surface area contributed by atoms with Crippen LogP contribution in [0.2, 0.25) is 0 Å². The zero-order valence-corrected chi connectivity index (χ0v) is 19.1. The minimum atomic E-state index is -2.20. The molecule has 0 aromatic heterocycles. The van der Waals surface area contributed by atoms with Crippen molar-refractivity contribution in [3.8, 4) is 0 Å². The Morgan fingerprint density at radius 2 is 0.406 bits per heavy atom. The molecule has 0 atom stereocenters. The first-order valence-electron chi connectivity index (χ1n) is 5.51. The van der Waals surface area contributed by atoms with Crippen LogP contribution in [0.25, 0.3) is 0 Å². The first kappa shape index (κ1) is 39.7. The molecular weight excluding hydrogens is 745 g/mol. The van der Waals surface area contributed by atoms with E-state index in [0.717, 1.165) is 0 Å². The molecule has 0 aliphatic rings. The second kappa shape index (κ2) is 23.0. The molecular formula is C9O21Sm2. The first-order chi connectivity index (χ1) is 13.6. The fraction of sp³-hybridized carbons (Fsp3) is 0. The number of rotatable bonds is 0. The van der Waals surface area contributed by atoms with Gasteiger partial charge in [-0.05, 0) is 0 Å². The summed E-state index contributed by atoms with van der Waals surface area (Å²) in [6, 6.07) is 0. The van der Waals surface area contributed by atoms with Crippen molar-refractivity contribution in [3.05, 3.63) is 0 Å². The molecule has 0 spiro atoms. The van der Waals surface area contributed by atoms with Crippen LogP contribution < -0.4 is 30.6 Å². The number of hydrogen-bond donors (Lipinski definition) is 0. The van der Waals surface area contributed by atoms with Gasteiger partial charge in [-0.25, -0.2) is 14.4 Å². The van der Waals surface area contributed by atoms with Crippen LogP contribution in [0.5, 0.6) is 0 Å². The van der Waals surface area contributed by atoms with Gasteiger partial charge in [0.05, 0.1) is 0 Å². The van der Waals surface area contributed by atoms with Gasteiger partial charge in [0.1, 0.15) is 0 Å². The van der Waals surface area contributed by atoms with Gasteiger partial charge in [0.25, 0.3) is 36.9 Å². The van der Waals surface area contributed by atoms with Crippen LogP contribution in [-0.4, -0.2) is 55.4 Å². The molecule has 21 nitrogen and oxygen atoms in total. The number of carbonyl (C=O) groups is 9. The Labute approximate surface area is 236 Å². The molecule has 32 heavy (non-hydrogen) atoms. The maximum atomic E-state index is 9.78. The number of hydrogen-bond acceptors (Lipinski definition) is 21. The quantitative estimate of drug-likeness (QED) is 0.126. The Kier molecular flexibility index (Phi) is 28.5. The summed E-state index contributed by atoms with van der Waals surface area (Å²) in [5.41, 5.74) is 0. The normalized spacial score (nSPS) is 7.50. The third kappa shape index (κ3) is 41.6. The number of ether oxygens (including phenoxy) is 6. The minimum Gasteiger partial charge on any atom is -0.467 e. The molecule has 0 aromatic carbocycles. The molecule has 23 heteroatoms. The van der Waals surface area contributed by atoms with E-state index < -0.39 is 55.4 Å². The Hall–Kier alpha value is -2.69. The van der Waals surface area contributed by atoms with Gasteiger partial charge in [0.15, 0.2) is 0 Å². The van der Waals surface area contributed by atoms with Crippen molar-refractivity contribution in [3.63, 3.8) is 0 Å². The van der Waals surface area contributed by atoms with E-state index in [1.54, 1.807) is 0 Å². The van der Waals surface area contributed by atoms with Crippen LogP contribution in [0.15, 0.2) is 0 Å². The monoisotopic (exact) mass is 748 g/mol. The van der Waals surface area contributed by atoms with Gasteiger partial charge < -0.3 is 87.8 Å². The number of carbonyl (C=O) groups excluding carboxylic acids is 9. The predicted octanol–water partition coefficient (Wildman–Crippen LogP) is -6.52. The van der Waals surface area contributed by atoms with Gasteiger partial charge in [0, 0.05) is 0 Å². The second-order valence-corrected chi connectivity index (χ2v) is 2.86. The molecule has 0 N–H and O–H groups in total. The zero-order chi connectivity index (χ0) is 24.4. The third-order valence-corrected chi connectivity index (χ3v) is 1.000. The van der Waals surface area contributed by atoms with Crippen LogP contribution in [0, 0.1) is 80.8 Å². The van der Waals surface area contributed by atoms with E-state index in [1.165, 1.54) is 0 Å². The van der Waals surface area contributed by atoms with Gasteiger partial charge in [-0.1, -0.05) is 0 Å². The SMILES string of the molecule is O=C([O-])OC(=O)OC(=O)[O-].O=C([O-])OC(=O)OC(=O)[O-].O=C([O-])OC(=O)OC(=O)[O-].[Sm+3].[Sm+3]. The summed E-state index contributed by atoms with van der Waals surface area (Å²) in [7, 11) is 0. The molecule has 0 saturated heterocycles. The standard InChI is InChI=1S/3C3H2O7.2Sm/c3*4-1(5)9-3(8)10-2(6)7;;/h3*(H,4,5)(H,6,7);;/q;;;2*+3/p-6. The van der Waals surface area contributed by atoms with Crippen molar-refractivity contribution in [2.45, 2.75) is 0 Å². The van der Waals surface area contributed by atoms with Gasteiger partial charge in [0.2, 0.25) is 0 Å². The summed E-state index contributed by atoms with van der Waals surface area (Å²) in [5, 5.41) is 56.1. The van der Waals surface area contributed by atoms with Crippen molar-refractivity contribution in [1.82, 2.24) is 0 Å². The van der Waals surface area contributed by atoms with Crippen molar-refractivity contribution < 1.29 is 183 Å². The van der Waals surface area contributed by atoms with Gasteiger partial charge in [-0.3, -0.25) is 0 Å². The predicted molar refractivity (Wildman–Crippen MR) is 55.1 cm³/mol. The van der Waals surface area contributed by atoms with E-state index in [-0.39, 0.29) is 80.8 Å². The van der Waals surface area contributed by atoms with Crippen LogP contribution in [0.1, 0.15) is 0 Å².